The van der Waals surface area contributed by atoms with E-state index in [0.717, 1.165) is 13.1 Å². The van der Waals surface area contributed by atoms with E-state index in [4.69, 9.17) is 0 Å². The zero-order valence-corrected chi connectivity index (χ0v) is 13.6. The van der Waals surface area contributed by atoms with Gasteiger partial charge in [-0.2, -0.15) is 8.78 Å². The molecule has 0 spiro atoms. The molecule has 2 aliphatic heterocycles. The summed E-state index contributed by atoms with van der Waals surface area (Å²) < 4.78 is 25.0. The number of piperazine rings is 2. The lowest BCUT2D eigenvalue weighted by molar-refractivity contribution is -0.147. The number of rotatable bonds is 1. The number of halogens is 3. The van der Waals surface area contributed by atoms with Crippen LogP contribution in [0.2, 0.25) is 0 Å². The number of hydrogen-bond donors (Lipinski definition) is 1. The first-order valence-corrected chi connectivity index (χ1v) is 7.54. The lowest BCUT2D eigenvalue weighted by atomic mass is 10.3. The molecule has 20 heavy (non-hydrogen) atoms. The summed E-state index contributed by atoms with van der Waals surface area (Å²) in [7, 11) is 4.05. The molecule has 0 bridgehead atoms. The van der Waals surface area contributed by atoms with Gasteiger partial charge < -0.3 is 20.0 Å². The van der Waals surface area contributed by atoms with Crippen molar-refractivity contribution in [1.29, 1.82) is 0 Å². The molecule has 0 radical (unpaired) electrons. The number of amides is 1. The number of carbonyl (C=O) groups excluding carboxylic acids is 1. The maximum Gasteiger partial charge on any atom is 0.377 e. The highest BCUT2D eigenvalue weighted by atomic mass is 79.9. The third kappa shape index (κ3) is 6.43. The summed E-state index contributed by atoms with van der Waals surface area (Å²) in [5, 5.41) is 3.27. The molecule has 2 saturated heterocycles. The molecular formula is C12H23BrF2N4O. The van der Waals surface area contributed by atoms with Crippen molar-refractivity contribution in [3.63, 3.8) is 0 Å². The molecule has 0 aromatic carbocycles. The molecule has 2 heterocycles. The van der Waals surface area contributed by atoms with Gasteiger partial charge in [-0.25, -0.2) is 0 Å². The predicted molar refractivity (Wildman–Crippen MR) is 78.3 cm³/mol. The average Bonchev–Trinajstić information content (AvgIpc) is 2.39. The summed E-state index contributed by atoms with van der Waals surface area (Å²) in [5.41, 5.74) is 0. The van der Waals surface area contributed by atoms with E-state index in [1.54, 1.807) is 0 Å². The first-order valence-electron chi connectivity index (χ1n) is 6.74. The van der Waals surface area contributed by atoms with Crippen LogP contribution < -0.4 is 5.32 Å². The fourth-order valence-corrected chi connectivity index (χ4v) is 2.22. The molecule has 2 fully saturated rings. The second-order valence-electron chi connectivity index (χ2n) is 5.15. The second kappa shape index (κ2) is 8.21. The molecule has 0 unspecified atom stereocenters. The van der Waals surface area contributed by atoms with Crippen molar-refractivity contribution in [2.75, 3.05) is 66.5 Å². The average molecular weight is 357 g/mol. The molecule has 1 amide bonds. The highest BCUT2D eigenvalue weighted by Crippen LogP contribution is 2.24. The van der Waals surface area contributed by atoms with Gasteiger partial charge in [0.15, 0.2) is 0 Å². The summed E-state index contributed by atoms with van der Waals surface area (Å²) in [6.45, 7) is 6.78. The van der Waals surface area contributed by atoms with E-state index in [9.17, 15) is 13.6 Å². The van der Waals surface area contributed by atoms with Gasteiger partial charge in [0.25, 0.3) is 0 Å². The highest BCUT2D eigenvalue weighted by Gasteiger charge is 2.39. The minimum absolute atomic E-state index is 0.372. The smallest absolute Gasteiger partial charge is 0.334 e. The standard InChI is InChI=1S/C7H11BrF2N2O.C5H12N2/c1-11-2-4-12(5-3-11)6(13)7(8,9)10;1-7-4-2-6-3-5-7/h2-5H2,1H3;6H,2-5H2,1H3. The van der Waals surface area contributed by atoms with Gasteiger partial charge in [-0.1, -0.05) is 0 Å². The lowest BCUT2D eigenvalue weighted by Gasteiger charge is -2.33. The van der Waals surface area contributed by atoms with Crippen LogP contribution in [0.5, 0.6) is 0 Å². The number of alkyl halides is 3. The van der Waals surface area contributed by atoms with Gasteiger partial charge in [0.1, 0.15) is 0 Å². The normalized spacial score (nSPS) is 22.1. The van der Waals surface area contributed by atoms with Crippen LogP contribution in [0.25, 0.3) is 0 Å². The molecule has 0 aliphatic carbocycles. The molecule has 0 aromatic rings. The first-order chi connectivity index (χ1) is 9.30. The van der Waals surface area contributed by atoms with Crippen LogP contribution in [0.1, 0.15) is 0 Å². The Labute approximate surface area is 127 Å². The molecule has 0 aromatic heterocycles. The third-order valence-corrected chi connectivity index (χ3v) is 3.71. The SMILES string of the molecule is CN1CCN(C(=O)C(F)(F)Br)CC1.CN1CCNCC1. The summed E-state index contributed by atoms with van der Waals surface area (Å²) in [6, 6.07) is 0. The minimum Gasteiger partial charge on any atom is -0.334 e. The molecule has 5 nitrogen and oxygen atoms in total. The van der Waals surface area contributed by atoms with Gasteiger partial charge in [-0.15, -0.1) is 0 Å². The number of nitrogens with zero attached hydrogens (tertiary/aromatic N) is 3. The van der Waals surface area contributed by atoms with Crippen LogP contribution in [0.3, 0.4) is 0 Å². The molecule has 2 rings (SSSR count). The van der Waals surface area contributed by atoms with E-state index >= 15 is 0 Å². The maximum atomic E-state index is 12.5. The highest BCUT2D eigenvalue weighted by molar-refractivity contribution is 9.10. The zero-order valence-electron chi connectivity index (χ0n) is 12.0. The van der Waals surface area contributed by atoms with Gasteiger partial charge in [-0.05, 0) is 14.1 Å². The third-order valence-electron chi connectivity index (χ3n) is 3.37. The van der Waals surface area contributed by atoms with Crippen LogP contribution in [0.4, 0.5) is 8.78 Å². The Balaban J connectivity index is 0.000000240. The topological polar surface area (TPSA) is 38.8 Å². The van der Waals surface area contributed by atoms with Crippen LogP contribution >= 0.6 is 15.9 Å². The van der Waals surface area contributed by atoms with E-state index in [1.807, 2.05) is 11.9 Å². The van der Waals surface area contributed by atoms with E-state index in [1.165, 1.54) is 18.0 Å². The number of nitrogens with one attached hydrogen (secondary N) is 1. The molecule has 2 aliphatic rings. The quantitative estimate of drug-likeness (QED) is 0.684. The van der Waals surface area contributed by atoms with Crippen molar-refractivity contribution in [2.45, 2.75) is 4.83 Å². The van der Waals surface area contributed by atoms with E-state index in [-0.39, 0.29) is 0 Å². The monoisotopic (exact) mass is 356 g/mol. The summed E-state index contributed by atoms with van der Waals surface area (Å²) in [5.74, 6) is -1.14. The van der Waals surface area contributed by atoms with Crippen LogP contribution in [-0.4, -0.2) is 91.9 Å². The van der Waals surface area contributed by atoms with Crippen LogP contribution in [-0.2, 0) is 4.79 Å². The Morgan fingerprint density at radius 1 is 1.00 bits per heavy atom. The van der Waals surface area contributed by atoms with Crippen molar-refractivity contribution in [3.05, 3.63) is 0 Å². The fraction of sp³-hybridized carbons (Fsp3) is 0.917. The summed E-state index contributed by atoms with van der Waals surface area (Å²) in [6.07, 6.45) is 0. The fourth-order valence-electron chi connectivity index (χ4n) is 1.97. The van der Waals surface area contributed by atoms with Gasteiger partial charge in [0.05, 0.1) is 0 Å². The Morgan fingerprint density at radius 3 is 1.80 bits per heavy atom. The largest absolute Gasteiger partial charge is 0.377 e. The van der Waals surface area contributed by atoms with Crippen LogP contribution in [0.15, 0.2) is 0 Å². The molecule has 0 saturated carbocycles. The molecule has 8 heteroatoms. The van der Waals surface area contributed by atoms with Crippen LogP contribution in [0, 0.1) is 0 Å². The maximum absolute atomic E-state index is 12.5. The first kappa shape index (κ1) is 17.7. The second-order valence-corrected chi connectivity index (χ2v) is 6.14. The van der Waals surface area contributed by atoms with Crippen molar-refractivity contribution >= 4 is 21.8 Å². The van der Waals surface area contributed by atoms with Gasteiger partial charge in [0, 0.05) is 68.3 Å². The molecule has 0 atom stereocenters. The van der Waals surface area contributed by atoms with Crippen molar-refractivity contribution < 1.29 is 13.6 Å². The predicted octanol–water partition coefficient (Wildman–Crippen LogP) is 0.270. The Hall–Kier alpha value is -0.310. The summed E-state index contributed by atoms with van der Waals surface area (Å²) in [4.78, 5) is 13.1. The molecular weight excluding hydrogens is 334 g/mol. The number of carbonyl (C=O) groups is 1. The van der Waals surface area contributed by atoms with Gasteiger partial charge in [0.2, 0.25) is 0 Å². The zero-order chi connectivity index (χ0) is 15.2. The Kier molecular flexibility index (Phi) is 7.28. The van der Waals surface area contributed by atoms with Gasteiger partial charge >= 0.3 is 10.7 Å². The van der Waals surface area contributed by atoms with Crippen molar-refractivity contribution in [1.82, 2.24) is 20.0 Å². The Morgan fingerprint density at radius 2 is 1.45 bits per heavy atom. The summed E-state index contributed by atoms with van der Waals surface area (Å²) >= 11 is 2.06. The van der Waals surface area contributed by atoms with E-state index < -0.39 is 10.7 Å². The van der Waals surface area contributed by atoms with Crippen molar-refractivity contribution in [3.8, 4) is 0 Å². The molecule has 118 valence electrons. The van der Waals surface area contributed by atoms with Crippen molar-refractivity contribution in [2.24, 2.45) is 0 Å². The van der Waals surface area contributed by atoms with E-state index in [2.05, 4.69) is 33.2 Å². The minimum atomic E-state index is -3.41. The lowest BCUT2D eigenvalue weighted by Crippen LogP contribution is -2.50. The van der Waals surface area contributed by atoms with E-state index in [0.29, 0.717) is 26.2 Å². The number of likely N-dealkylation sites (N-methyl/N-ethyl adjacent to an activating group) is 2. The van der Waals surface area contributed by atoms with Gasteiger partial charge in [-0.3, -0.25) is 4.79 Å². The Bertz CT molecular complexity index is 300. The number of hydrogen-bond acceptors (Lipinski definition) is 4. The molecule has 1 N–H and O–H groups in total.